The van der Waals surface area contributed by atoms with Crippen LogP contribution < -0.4 is 10.9 Å². The van der Waals surface area contributed by atoms with E-state index in [0.717, 1.165) is 36.7 Å². The van der Waals surface area contributed by atoms with Gasteiger partial charge in [-0.05, 0) is 57.7 Å². The average Bonchev–Trinajstić information content (AvgIpc) is 2.40. The van der Waals surface area contributed by atoms with Crippen LogP contribution in [0, 0.1) is 0 Å². The van der Waals surface area contributed by atoms with Gasteiger partial charge in [0.1, 0.15) is 0 Å². The molecule has 1 heterocycles. The number of unbranched alkanes of at least 4 members (excludes halogenated alkanes) is 1. The number of nitrogens with zero attached hydrogens (tertiary/aromatic N) is 1. The summed E-state index contributed by atoms with van der Waals surface area (Å²) in [6, 6.07) is 9.78. The van der Waals surface area contributed by atoms with Crippen molar-refractivity contribution in [1.82, 2.24) is 9.88 Å². The van der Waals surface area contributed by atoms with Crippen molar-refractivity contribution >= 4 is 10.8 Å². The number of rotatable bonds is 5. The van der Waals surface area contributed by atoms with Gasteiger partial charge in [-0.15, -0.1) is 0 Å². The van der Waals surface area contributed by atoms with E-state index in [0.29, 0.717) is 0 Å². The Morgan fingerprint density at radius 1 is 1.10 bits per heavy atom. The van der Waals surface area contributed by atoms with Crippen LogP contribution in [-0.4, -0.2) is 16.7 Å². The number of pyridine rings is 1. The summed E-state index contributed by atoms with van der Waals surface area (Å²) in [4.78, 5) is 12.3. The lowest BCUT2D eigenvalue weighted by Gasteiger charge is -2.20. The summed E-state index contributed by atoms with van der Waals surface area (Å²) in [7, 11) is 0. The van der Waals surface area contributed by atoms with E-state index in [1.54, 1.807) is 0 Å². The molecule has 1 N–H and O–H groups in total. The van der Waals surface area contributed by atoms with Crippen LogP contribution in [0.3, 0.4) is 0 Å². The van der Waals surface area contributed by atoms with Crippen molar-refractivity contribution in [2.24, 2.45) is 0 Å². The Bertz CT molecular complexity index is 623. The molecule has 0 spiro atoms. The van der Waals surface area contributed by atoms with E-state index in [1.807, 2.05) is 41.1 Å². The first-order valence-electron chi connectivity index (χ1n) is 7.31. The van der Waals surface area contributed by atoms with Crippen LogP contribution >= 0.6 is 0 Å². The average molecular weight is 272 g/mol. The lowest BCUT2D eigenvalue weighted by atomic mass is 10.1. The fraction of sp³-hybridized carbons (Fsp3) is 0.471. The van der Waals surface area contributed by atoms with Crippen molar-refractivity contribution in [2.75, 3.05) is 6.54 Å². The first-order chi connectivity index (χ1) is 9.47. The molecular formula is C17H24N2O. The lowest BCUT2D eigenvalue weighted by Crippen LogP contribution is -2.36. The molecule has 2 aromatic rings. The first kappa shape index (κ1) is 14.8. The largest absolute Gasteiger partial charge is 0.315 e. The van der Waals surface area contributed by atoms with Gasteiger partial charge in [0.25, 0.3) is 5.56 Å². The maximum atomic E-state index is 12.3. The molecule has 0 radical (unpaired) electrons. The Morgan fingerprint density at radius 3 is 2.60 bits per heavy atom. The Kier molecular flexibility index (Phi) is 4.61. The summed E-state index contributed by atoms with van der Waals surface area (Å²) >= 11 is 0. The Labute approximate surface area is 120 Å². The molecule has 0 atom stereocenters. The zero-order valence-corrected chi connectivity index (χ0v) is 12.6. The summed E-state index contributed by atoms with van der Waals surface area (Å²) in [5.74, 6) is 0. The van der Waals surface area contributed by atoms with Crippen LogP contribution in [0.5, 0.6) is 0 Å². The Hall–Kier alpha value is -1.61. The lowest BCUT2D eigenvalue weighted by molar-refractivity contribution is 0.413. The van der Waals surface area contributed by atoms with Crippen molar-refractivity contribution in [1.29, 1.82) is 0 Å². The Morgan fingerprint density at radius 2 is 1.85 bits per heavy atom. The third-order valence-electron chi connectivity index (χ3n) is 3.37. The molecule has 0 saturated heterocycles. The highest BCUT2D eigenvalue weighted by molar-refractivity contribution is 5.81. The fourth-order valence-corrected chi connectivity index (χ4v) is 2.28. The molecule has 0 amide bonds. The number of aryl methyl sites for hydroxylation is 1. The standard InChI is InChI=1S/C17H24N2O/c1-17(2,3)18-11-6-7-12-19-13-10-14-8-4-5-9-15(14)16(19)20/h4-5,8-10,13,18H,6-7,11-12H2,1-3H3. The van der Waals surface area contributed by atoms with E-state index in [4.69, 9.17) is 0 Å². The second-order valence-electron chi connectivity index (χ2n) is 6.29. The van der Waals surface area contributed by atoms with Crippen LogP contribution in [-0.2, 0) is 6.54 Å². The van der Waals surface area contributed by atoms with E-state index in [-0.39, 0.29) is 11.1 Å². The van der Waals surface area contributed by atoms with Gasteiger partial charge in [-0.1, -0.05) is 18.2 Å². The minimum Gasteiger partial charge on any atom is -0.315 e. The van der Waals surface area contributed by atoms with Gasteiger partial charge in [0.05, 0.1) is 0 Å². The summed E-state index contributed by atoms with van der Waals surface area (Å²) < 4.78 is 1.82. The van der Waals surface area contributed by atoms with Crippen molar-refractivity contribution in [2.45, 2.75) is 45.7 Å². The zero-order valence-electron chi connectivity index (χ0n) is 12.6. The van der Waals surface area contributed by atoms with Crippen molar-refractivity contribution in [3.63, 3.8) is 0 Å². The summed E-state index contributed by atoms with van der Waals surface area (Å²) in [5, 5.41) is 5.29. The van der Waals surface area contributed by atoms with Gasteiger partial charge in [-0.25, -0.2) is 0 Å². The number of benzene rings is 1. The molecule has 0 unspecified atom stereocenters. The van der Waals surface area contributed by atoms with Crippen LogP contribution in [0.4, 0.5) is 0 Å². The van der Waals surface area contributed by atoms with E-state index in [1.165, 1.54) is 0 Å². The van der Waals surface area contributed by atoms with E-state index >= 15 is 0 Å². The molecule has 3 heteroatoms. The van der Waals surface area contributed by atoms with Crippen LogP contribution in [0.25, 0.3) is 10.8 Å². The van der Waals surface area contributed by atoms with E-state index < -0.39 is 0 Å². The summed E-state index contributed by atoms with van der Waals surface area (Å²) in [6.07, 6.45) is 4.00. The molecule has 20 heavy (non-hydrogen) atoms. The number of aromatic nitrogens is 1. The van der Waals surface area contributed by atoms with Crippen molar-refractivity contribution in [3.8, 4) is 0 Å². The van der Waals surface area contributed by atoms with Gasteiger partial charge >= 0.3 is 0 Å². The normalized spacial score (nSPS) is 11.9. The summed E-state index contributed by atoms with van der Waals surface area (Å²) in [6.45, 7) is 8.28. The number of hydrogen-bond donors (Lipinski definition) is 1. The van der Waals surface area contributed by atoms with Gasteiger partial charge in [-0.2, -0.15) is 0 Å². The Balaban J connectivity index is 1.94. The molecule has 0 fully saturated rings. The predicted octanol–water partition coefficient (Wildman–Crippen LogP) is 3.17. The smallest absolute Gasteiger partial charge is 0.258 e. The fourth-order valence-electron chi connectivity index (χ4n) is 2.28. The second-order valence-corrected chi connectivity index (χ2v) is 6.29. The molecule has 0 aliphatic heterocycles. The van der Waals surface area contributed by atoms with Gasteiger partial charge < -0.3 is 9.88 Å². The van der Waals surface area contributed by atoms with Crippen LogP contribution in [0.1, 0.15) is 33.6 Å². The molecular weight excluding hydrogens is 248 g/mol. The van der Waals surface area contributed by atoms with Gasteiger partial charge in [0.15, 0.2) is 0 Å². The maximum absolute atomic E-state index is 12.3. The zero-order chi connectivity index (χ0) is 14.6. The molecule has 3 nitrogen and oxygen atoms in total. The molecule has 1 aromatic heterocycles. The highest BCUT2D eigenvalue weighted by atomic mass is 16.1. The predicted molar refractivity (Wildman–Crippen MR) is 85.2 cm³/mol. The molecule has 0 saturated carbocycles. The minimum atomic E-state index is 0.117. The molecule has 2 rings (SSSR count). The SMILES string of the molecule is CC(C)(C)NCCCCn1ccc2ccccc2c1=O. The topological polar surface area (TPSA) is 34.0 Å². The van der Waals surface area contributed by atoms with Crippen molar-refractivity contribution < 1.29 is 0 Å². The first-order valence-corrected chi connectivity index (χ1v) is 7.31. The quantitative estimate of drug-likeness (QED) is 0.848. The van der Waals surface area contributed by atoms with E-state index in [2.05, 4.69) is 26.1 Å². The van der Waals surface area contributed by atoms with E-state index in [9.17, 15) is 4.79 Å². The van der Waals surface area contributed by atoms with Gasteiger partial charge in [0, 0.05) is 23.7 Å². The molecule has 0 bridgehead atoms. The third kappa shape index (κ3) is 3.94. The maximum Gasteiger partial charge on any atom is 0.258 e. The monoisotopic (exact) mass is 272 g/mol. The second kappa shape index (κ2) is 6.23. The minimum absolute atomic E-state index is 0.117. The van der Waals surface area contributed by atoms with Gasteiger partial charge in [-0.3, -0.25) is 4.79 Å². The number of nitrogens with one attached hydrogen (secondary N) is 1. The molecule has 1 aromatic carbocycles. The van der Waals surface area contributed by atoms with Crippen LogP contribution in [0.15, 0.2) is 41.3 Å². The number of fused-ring (bicyclic) bond motifs is 1. The molecule has 0 aliphatic rings. The highest BCUT2D eigenvalue weighted by Crippen LogP contribution is 2.08. The number of hydrogen-bond acceptors (Lipinski definition) is 2. The molecule has 0 aliphatic carbocycles. The van der Waals surface area contributed by atoms with Crippen molar-refractivity contribution in [3.05, 3.63) is 46.9 Å². The van der Waals surface area contributed by atoms with Crippen LogP contribution in [0.2, 0.25) is 0 Å². The third-order valence-corrected chi connectivity index (χ3v) is 3.37. The highest BCUT2D eigenvalue weighted by Gasteiger charge is 2.07. The molecule has 108 valence electrons. The van der Waals surface area contributed by atoms with Gasteiger partial charge in [0.2, 0.25) is 0 Å². The summed E-state index contributed by atoms with van der Waals surface area (Å²) in [5.41, 5.74) is 0.284.